The molecule has 6 heteroatoms. The number of hydrogen-bond donors (Lipinski definition) is 0. The second-order valence-corrected chi connectivity index (χ2v) is 6.93. The maximum atomic E-state index is 12.6. The van der Waals surface area contributed by atoms with Gasteiger partial charge in [-0.25, -0.2) is 4.40 Å². The fourth-order valence-electron chi connectivity index (χ4n) is 2.25. The van der Waals surface area contributed by atoms with Crippen LogP contribution in [0.2, 0.25) is 0 Å². The van der Waals surface area contributed by atoms with Gasteiger partial charge in [0.1, 0.15) is 0 Å². The first-order chi connectivity index (χ1) is 10.7. The van der Waals surface area contributed by atoms with Crippen LogP contribution >= 0.6 is 22.7 Å². The summed E-state index contributed by atoms with van der Waals surface area (Å²) in [7, 11) is 0. The number of fused-ring (bicyclic) bond motifs is 1. The highest BCUT2D eigenvalue weighted by Crippen LogP contribution is 2.18. The summed E-state index contributed by atoms with van der Waals surface area (Å²) >= 11 is 2.98. The Labute approximate surface area is 134 Å². The van der Waals surface area contributed by atoms with Crippen molar-refractivity contribution >= 4 is 33.7 Å². The number of hydrogen-bond acceptors (Lipinski definition) is 5. The zero-order valence-corrected chi connectivity index (χ0v) is 13.3. The number of thiazole rings is 1. The average molecular weight is 325 g/mol. The smallest absolute Gasteiger partial charge is 0.267 e. The summed E-state index contributed by atoms with van der Waals surface area (Å²) in [5.74, 6) is 0.599. The number of aryl methyl sites for hydroxylation is 1. The van der Waals surface area contributed by atoms with Crippen molar-refractivity contribution < 1.29 is 0 Å². The van der Waals surface area contributed by atoms with Crippen LogP contribution in [0, 0.1) is 6.92 Å². The van der Waals surface area contributed by atoms with E-state index in [0.717, 1.165) is 10.4 Å². The maximum absolute atomic E-state index is 12.6. The van der Waals surface area contributed by atoms with E-state index >= 15 is 0 Å². The summed E-state index contributed by atoms with van der Waals surface area (Å²) in [6.45, 7) is 2.03. The van der Waals surface area contributed by atoms with Crippen LogP contribution in [0.25, 0.3) is 22.4 Å². The highest BCUT2D eigenvalue weighted by atomic mass is 32.1. The lowest BCUT2D eigenvalue weighted by atomic mass is 10.1. The highest BCUT2D eigenvalue weighted by Gasteiger charge is 2.13. The Morgan fingerprint density at radius 3 is 2.68 bits per heavy atom. The van der Waals surface area contributed by atoms with Gasteiger partial charge in [0.05, 0.1) is 4.53 Å². The number of thiophene rings is 1. The molecule has 3 aromatic heterocycles. The molecule has 22 heavy (non-hydrogen) atoms. The van der Waals surface area contributed by atoms with E-state index in [1.165, 1.54) is 16.9 Å². The van der Waals surface area contributed by atoms with Crippen molar-refractivity contribution in [2.24, 2.45) is 0 Å². The summed E-state index contributed by atoms with van der Waals surface area (Å²) in [4.78, 5) is 14.3. The molecule has 0 spiro atoms. The Hall–Kier alpha value is -2.31. The fraction of sp³-hybridized carbons (Fsp3) is 0.0625. The van der Waals surface area contributed by atoms with E-state index < -0.39 is 0 Å². The Bertz CT molecular complexity index is 1040. The quantitative estimate of drug-likeness (QED) is 0.569. The van der Waals surface area contributed by atoms with Gasteiger partial charge in [0, 0.05) is 10.4 Å². The fourth-order valence-corrected chi connectivity index (χ4v) is 3.89. The Kier molecular flexibility index (Phi) is 3.13. The molecule has 0 atom stereocenters. The molecule has 1 aromatic carbocycles. The lowest BCUT2D eigenvalue weighted by Crippen LogP contribution is -2.23. The first-order valence-electron chi connectivity index (χ1n) is 6.72. The zero-order chi connectivity index (χ0) is 15.1. The minimum absolute atomic E-state index is 0.0611. The van der Waals surface area contributed by atoms with Crippen molar-refractivity contribution in [3.05, 3.63) is 67.1 Å². The Balaban J connectivity index is 1.94. The molecule has 4 rings (SSSR count). The second-order valence-electron chi connectivity index (χ2n) is 4.94. The predicted octanol–water partition coefficient (Wildman–Crippen LogP) is 2.74. The molecule has 0 bridgehead atoms. The van der Waals surface area contributed by atoms with Gasteiger partial charge >= 0.3 is 0 Å². The predicted molar refractivity (Wildman–Crippen MR) is 90.4 cm³/mol. The second kappa shape index (κ2) is 5.15. The monoisotopic (exact) mass is 325 g/mol. The number of benzene rings is 1. The van der Waals surface area contributed by atoms with Gasteiger partial charge in [0.2, 0.25) is 4.96 Å². The van der Waals surface area contributed by atoms with Gasteiger partial charge in [-0.2, -0.15) is 0 Å². The van der Waals surface area contributed by atoms with Crippen LogP contribution in [-0.2, 0) is 0 Å². The molecule has 108 valence electrons. The molecule has 0 N–H and O–H groups in total. The van der Waals surface area contributed by atoms with Crippen molar-refractivity contribution in [2.45, 2.75) is 6.92 Å². The van der Waals surface area contributed by atoms with Crippen LogP contribution < -0.4 is 10.1 Å². The molecule has 0 aliphatic carbocycles. The van der Waals surface area contributed by atoms with E-state index in [4.69, 9.17) is 0 Å². The molecule has 0 saturated carbocycles. The van der Waals surface area contributed by atoms with E-state index in [2.05, 4.69) is 10.2 Å². The molecule has 4 nitrogen and oxygen atoms in total. The normalized spacial score (nSPS) is 12.3. The maximum Gasteiger partial charge on any atom is 0.276 e. The number of aromatic nitrogens is 3. The van der Waals surface area contributed by atoms with Crippen LogP contribution in [-0.4, -0.2) is 14.6 Å². The van der Waals surface area contributed by atoms with Crippen molar-refractivity contribution in [1.29, 1.82) is 0 Å². The molecule has 3 heterocycles. The van der Waals surface area contributed by atoms with Gasteiger partial charge in [-0.05, 0) is 24.4 Å². The number of rotatable bonds is 2. The van der Waals surface area contributed by atoms with Gasteiger partial charge in [0.25, 0.3) is 5.56 Å². The van der Waals surface area contributed by atoms with Gasteiger partial charge in [-0.15, -0.1) is 21.5 Å². The standard InChI is InChI=1S/C16H11N3OS2/c1-10-4-6-11(7-5-10)14-17-18-16-19(14)15(20)13(22-16)9-12-3-2-8-21-12/h2-9H,1H3/b13-9-. The van der Waals surface area contributed by atoms with Crippen LogP contribution in [0.5, 0.6) is 0 Å². The lowest BCUT2D eigenvalue weighted by Gasteiger charge is -1.97. The summed E-state index contributed by atoms with van der Waals surface area (Å²) < 4.78 is 2.27. The Morgan fingerprint density at radius 1 is 1.14 bits per heavy atom. The third-order valence-corrected chi connectivity index (χ3v) is 5.15. The third kappa shape index (κ3) is 2.17. The minimum atomic E-state index is -0.0611. The molecule has 0 fully saturated rings. The van der Waals surface area contributed by atoms with Crippen molar-refractivity contribution in [2.75, 3.05) is 0 Å². The molecule has 0 saturated heterocycles. The van der Waals surface area contributed by atoms with Crippen LogP contribution in [0.4, 0.5) is 0 Å². The molecular weight excluding hydrogens is 314 g/mol. The molecule has 0 amide bonds. The first-order valence-corrected chi connectivity index (χ1v) is 8.42. The van der Waals surface area contributed by atoms with Gasteiger partial charge in [0.15, 0.2) is 5.82 Å². The minimum Gasteiger partial charge on any atom is -0.267 e. The first kappa shape index (κ1) is 13.4. The van der Waals surface area contributed by atoms with Gasteiger partial charge in [-0.1, -0.05) is 47.2 Å². The largest absolute Gasteiger partial charge is 0.276 e. The van der Waals surface area contributed by atoms with E-state index in [1.807, 2.05) is 54.8 Å². The Morgan fingerprint density at radius 2 is 1.95 bits per heavy atom. The van der Waals surface area contributed by atoms with Crippen LogP contribution in [0.15, 0.2) is 46.6 Å². The summed E-state index contributed by atoms with van der Waals surface area (Å²) in [5.41, 5.74) is 2.01. The zero-order valence-electron chi connectivity index (χ0n) is 11.7. The van der Waals surface area contributed by atoms with Gasteiger partial charge < -0.3 is 0 Å². The average Bonchev–Trinajstić information content (AvgIpc) is 3.21. The molecule has 4 aromatic rings. The van der Waals surface area contributed by atoms with E-state index in [1.54, 1.807) is 15.7 Å². The van der Waals surface area contributed by atoms with Crippen LogP contribution in [0.3, 0.4) is 0 Å². The molecule has 0 aliphatic rings. The molecule has 0 unspecified atom stereocenters. The van der Waals surface area contributed by atoms with E-state index in [9.17, 15) is 4.79 Å². The summed E-state index contributed by atoms with van der Waals surface area (Å²) in [5, 5.41) is 10.3. The molecule has 0 radical (unpaired) electrons. The summed E-state index contributed by atoms with van der Waals surface area (Å²) in [6.07, 6.45) is 1.91. The topological polar surface area (TPSA) is 47.3 Å². The van der Waals surface area contributed by atoms with Crippen LogP contribution in [0.1, 0.15) is 10.4 Å². The van der Waals surface area contributed by atoms with Gasteiger partial charge in [-0.3, -0.25) is 4.79 Å². The molecular formula is C16H11N3OS2. The molecule has 0 aliphatic heterocycles. The van der Waals surface area contributed by atoms with E-state index in [0.29, 0.717) is 15.3 Å². The highest BCUT2D eigenvalue weighted by molar-refractivity contribution is 7.15. The van der Waals surface area contributed by atoms with E-state index in [-0.39, 0.29) is 5.56 Å². The summed E-state index contributed by atoms with van der Waals surface area (Å²) in [6, 6.07) is 11.9. The van der Waals surface area contributed by atoms with Crippen molar-refractivity contribution in [3.8, 4) is 11.4 Å². The van der Waals surface area contributed by atoms with Crippen molar-refractivity contribution in [3.63, 3.8) is 0 Å². The lowest BCUT2D eigenvalue weighted by molar-refractivity contribution is 1.09. The third-order valence-electron chi connectivity index (χ3n) is 3.37. The SMILES string of the molecule is Cc1ccc(-c2nnc3s/c(=C\c4cccs4)c(=O)n23)cc1. The number of nitrogens with zero attached hydrogens (tertiary/aromatic N) is 3. The van der Waals surface area contributed by atoms with Crippen molar-refractivity contribution in [1.82, 2.24) is 14.6 Å².